The molecule has 0 rings (SSSR count). The average Bonchev–Trinajstić information content (AvgIpc) is 1.62. The van der Waals surface area contributed by atoms with Gasteiger partial charge >= 0.3 is 65.5 Å². The summed E-state index contributed by atoms with van der Waals surface area (Å²) in [4.78, 5) is 0. The minimum atomic E-state index is -2.79. The van der Waals surface area contributed by atoms with Gasteiger partial charge in [-0.1, -0.05) is 0 Å². The monoisotopic (exact) mass is 236 g/mol. The van der Waals surface area contributed by atoms with Crippen LogP contribution in [0.4, 0.5) is 0 Å². The van der Waals surface area contributed by atoms with Gasteiger partial charge in [0.1, 0.15) is 0 Å². The molecule has 0 aromatic carbocycles. The van der Waals surface area contributed by atoms with E-state index in [0.29, 0.717) is 4.75 Å². The van der Waals surface area contributed by atoms with Crippen LogP contribution in [0.2, 0.25) is 4.75 Å². The summed E-state index contributed by atoms with van der Waals surface area (Å²) in [5.74, 6) is 0. The van der Waals surface area contributed by atoms with Crippen LogP contribution in [0.25, 0.3) is 0 Å². The van der Waals surface area contributed by atoms with Gasteiger partial charge in [-0.15, -0.1) is 0 Å². The molecule has 0 aliphatic rings. The SMILES string of the molecule is CC[CH](C)[Ge]([Cl])([Cl])[Cl]. The summed E-state index contributed by atoms with van der Waals surface area (Å²) in [6.45, 7) is 4.03. The third kappa shape index (κ3) is 3.44. The van der Waals surface area contributed by atoms with E-state index in [1.807, 2.05) is 13.8 Å². The first-order valence-electron chi connectivity index (χ1n) is 2.55. The Morgan fingerprint density at radius 1 is 1.38 bits per heavy atom. The van der Waals surface area contributed by atoms with Crippen molar-refractivity contribution in [2.75, 3.05) is 0 Å². The number of hydrogen-bond acceptors (Lipinski definition) is 0. The molecule has 4 heteroatoms. The molecule has 0 aliphatic heterocycles. The van der Waals surface area contributed by atoms with Crippen molar-refractivity contribution in [3.05, 3.63) is 0 Å². The van der Waals surface area contributed by atoms with Gasteiger partial charge in [0.2, 0.25) is 0 Å². The van der Waals surface area contributed by atoms with Gasteiger partial charge in [-0.05, 0) is 0 Å². The maximum absolute atomic E-state index is 5.70. The molecule has 0 fully saturated rings. The third-order valence-electron chi connectivity index (χ3n) is 1.17. The summed E-state index contributed by atoms with van der Waals surface area (Å²) in [5.41, 5.74) is 0. The van der Waals surface area contributed by atoms with E-state index < -0.39 is 10.5 Å². The zero-order chi connectivity index (χ0) is 6.78. The van der Waals surface area contributed by atoms with Crippen molar-refractivity contribution in [2.24, 2.45) is 0 Å². The molecule has 1 unspecified atom stereocenters. The first-order chi connectivity index (χ1) is 3.48. The van der Waals surface area contributed by atoms with Crippen molar-refractivity contribution in [2.45, 2.75) is 25.0 Å². The zero-order valence-electron chi connectivity index (χ0n) is 4.92. The number of rotatable bonds is 2. The number of hydrogen-bond donors (Lipinski definition) is 0. The molecule has 8 heavy (non-hydrogen) atoms. The number of halogens is 3. The van der Waals surface area contributed by atoms with Crippen LogP contribution in [0.5, 0.6) is 0 Å². The van der Waals surface area contributed by atoms with E-state index in [2.05, 4.69) is 0 Å². The Kier molecular flexibility index (Phi) is 4.18. The Labute approximate surface area is 65.4 Å². The fourth-order valence-corrected chi connectivity index (χ4v) is 3.61. The zero-order valence-corrected chi connectivity index (χ0v) is 9.28. The third-order valence-corrected chi connectivity index (χ3v) is 10.2. The van der Waals surface area contributed by atoms with Crippen LogP contribution in [0.3, 0.4) is 0 Å². The summed E-state index contributed by atoms with van der Waals surface area (Å²) in [7, 11) is 14.3. The molecule has 0 saturated heterocycles. The Balaban J connectivity index is 3.62. The molecule has 0 aliphatic carbocycles. The van der Waals surface area contributed by atoms with E-state index in [9.17, 15) is 0 Å². The Morgan fingerprint density at radius 3 is 1.75 bits per heavy atom. The van der Waals surface area contributed by atoms with Crippen LogP contribution < -0.4 is 0 Å². The molecular formula is C4H9Cl3Ge. The molecule has 0 heterocycles. The van der Waals surface area contributed by atoms with E-state index in [-0.39, 0.29) is 0 Å². The molecule has 0 radical (unpaired) electrons. The fourth-order valence-electron chi connectivity index (χ4n) is 0.231. The Morgan fingerprint density at radius 2 is 1.75 bits per heavy atom. The van der Waals surface area contributed by atoms with Crippen LogP contribution in [-0.4, -0.2) is 10.5 Å². The normalized spacial score (nSPS) is 16.1. The van der Waals surface area contributed by atoms with Crippen molar-refractivity contribution >= 4 is 40.5 Å². The molecule has 0 N–H and O–H groups in total. The maximum atomic E-state index is 5.70. The van der Waals surface area contributed by atoms with Gasteiger partial charge in [-0.2, -0.15) is 0 Å². The van der Waals surface area contributed by atoms with Crippen LogP contribution in [0, 0.1) is 0 Å². The first-order valence-corrected chi connectivity index (χ1v) is 12.0. The molecule has 1 atom stereocenters. The quantitative estimate of drug-likeness (QED) is 0.644. The second-order valence-electron chi connectivity index (χ2n) is 1.85. The molecule has 0 amide bonds. The Bertz CT molecular complexity index is 68.2. The van der Waals surface area contributed by atoms with Crippen molar-refractivity contribution in [3.8, 4) is 0 Å². The molecule has 0 bridgehead atoms. The van der Waals surface area contributed by atoms with E-state index in [1.54, 1.807) is 0 Å². The molecule has 50 valence electrons. The van der Waals surface area contributed by atoms with Gasteiger partial charge in [-0.25, -0.2) is 0 Å². The molecule has 0 saturated carbocycles. The summed E-state index contributed by atoms with van der Waals surface area (Å²) in [6.07, 6.45) is 0.983. The second-order valence-corrected chi connectivity index (χ2v) is 18.5. The molecule has 0 aromatic heterocycles. The predicted molar refractivity (Wildman–Crippen MR) is 43.0 cm³/mol. The van der Waals surface area contributed by atoms with Crippen molar-refractivity contribution in [1.29, 1.82) is 0 Å². The standard InChI is InChI=1S/C4H9Cl3Ge/c1-3-4(2)8(5,6)7/h4H,3H2,1-2H3. The first kappa shape index (κ1) is 9.41. The molecular weight excluding hydrogens is 227 g/mol. The van der Waals surface area contributed by atoms with E-state index in [0.717, 1.165) is 6.42 Å². The van der Waals surface area contributed by atoms with Crippen molar-refractivity contribution in [3.63, 3.8) is 0 Å². The minimum absolute atomic E-state index is 0.333. The van der Waals surface area contributed by atoms with Crippen LogP contribution in [0.15, 0.2) is 0 Å². The van der Waals surface area contributed by atoms with Crippen LogP contribution in [0.1, 0.15) is 20.3 Å². The summed E-state index contributed by atoms with van der Waals surface area (Å²) in [6, 6.07) is 0. The molecule has 0 spiro atoms. The summed E-state index contributed by atoms with van der Waals surface area (Å²) in [5, 5.41) is 0. The fraction of sp³-hybridized carbons (Fsp3) is 1.00. The molecule has 0 aromatic rings. The summed E-state index contributed by atoms with van der Waals surface area (Å²) >= 11 is 0. The topological polar surface area (TPSA) is 0 Å². The van der Waals surface area contributed by atoms with Gasteiger partial charge in [0.15, 0.2) is 0 Å². The van der Waals surface area contributed by atoms with Crippen molar-refractivity contribution < 1.29 is 0 Å². The molecule has 0 nitrogen and oxygen atoms in total. The van der Waals surface area contributed by atoms with Gasteiger partial charge in [0.05, 0.1) is 0 Å². The Hall–Kier alpha value is 1.41. The predicted octanol–water partition coefficient (Wildman–Crippen LogP) is 3.44. The second kappa shape index (κ2) is 3.55. The van der Waals surface area contributed by atoms with Gasteiger partial charge in [0.25, 0.3) is 0 Å². The van der Waals surface area contributed by atoms with Crippen LogP contribution >= 0.6 is 30.0 Å². The van der Waals surface area contributed by atoms with Gasteiger partial charge in [0, 0.05) is 0 Å². The average molecular weight is 236 g/mol. The van der Waals surface area contributed by atoms with Crippen LogP contribution in [-0.2, 0) is 0 Å². The van der Waals surface area contributed by atoms with Crippen molar-refractivity contribution in [1.82, 2.24) is 0 Å². The van der Waals surface area contributed by atoms with Gasteiger partial charge in [-0.3, -0.25) is 0 Å². The van der Waals surface area contributed by atoms with E-state index in [1.165, 1.54) is 0 Å². The summed E-state index contributed by atoms with van der Waals surface area (Å²) < 4.78 is 0.333. The van der Waals surface area contributed by atoms with E-state index >= 15 is 0 Å². The van der Waals surface area contributed by atoms with E-state index in [4.69, 9.17) is 30.0 Å². The van der Waals surface area contributed by atoms with Gasteiger partial charge < -0.3 is 0 Å².